The van der Waals surface area contributed by atoms with Crippen LogP contribution in [0, 0.1) is 0 Å². The third-order valence-corrected chi connectivity index (χ3v) is 5.96. The lowest BCUT2D eigenvalue weighted by atomic mass is 9.99. The molecule has 11 nitrogen and oxygen atoms in total. The van der Waals surface area contributed by atoms with Crippen LogP contribution in [0.3, 0.4) is 0 Å². The molecule has 17 heteroatoms. The van der Waals surface area contributed by atoms with Crippen LogP contribution in [0.5, 0.6) is 0 Å². The lowest BCUT2D eigenvalue weighted by Crippen LogP contribution is -2.41. The standard InChI is InChI=1S/C21H13F6N9O2/c22-20(23,24)14-3-1-2-11-6-13(33-36(11)14)16-15-12(28-9-29-15)4-5-34(16)19(37)18-32-31-17(38-18)10-7-30-35(8-10)21(25,26)27/h1-3,6-9,16H,4-5H2,(H,28,29)/t16-/m1/s1. The second kappa shape index (κ2) is 8.15. The first kappa shape index (κ1) is 23.7. The Morgan fingerprint density at radius 2 is 1.95 bits per heavy atom. The second-order valence-corrected chi connectivity index (χ2v) is 8.29. The number of pyridine rings is 1. The third kappa shape index (κ3) is 3.86. The largest absolute Gasteiger partial charge is 0.504 e. The van der Waals surface area contributed by atoms with Gasteiger partial charge in [0.2, 0.25) is 0 Å². The molecule has 6 rings (SSSR count). The van der Waals surface area contributed by atoms with Gasteiger partial charge in [-0.05, 0) is 18.2 Å². The normalized spacial score (nSPS) is 16.3. The summed E-state index contributed by atoms with van der Waals surface area (Å²) in [5, 5.41) is 14.7. The maximum absolute atomic E-state index is 13.6. The van der Waals surface area contributed by atoms with Gasteiger partial charge in [0.05, 0.1) is 35.0 Å². The molecule has 1 amide bonds. The summed E-state index contributed by atoms with van der Waals surface area (Å²) >= 11 is 0. The molecular formula is C21H13F6N9O2. The van der Waals surface area contributed by atoms with Crippen molar-refractivity contribution >= 4 is 11.4 Å². The van der Waals surface area contributed by atoms with Gasteiger partial charge in [-0.2, -0.15) is 28.1 Å². The number of aromatic amines is 1. The summed E-state index contributed by atoms with van der Waals surface area (Å²) < 4.78 is 85.1. The highest BCUT2D eigenvalue weighted by atomic mass is 19.4. The number of carbonyl (C=O) groups excluding carboxylic acids is 1. The summed E-state index contributed by atoms with van der Waals surface area (Å²) in [5.41, 5.74) is 0.114. The number of hydrogen-bond donors (Lipinski definition) is 1. The molecule has 0 bridgehead atoms. The highest BCUT2D eigenvalue weighted by molar-refractivity contribution is 5.90. The minimum Gasteiger partial charge on any atom is -0.412 e. The van der Waals surface area contributed by atoms with Gasteiger partial charge in [0.25, 0.3) is 5.89 Å². The molecule has 0 radical (unpaired) electrons. The van der Waals surface area contributed by atoms with Gasteiger partial charge in [0.1, 0.15) is 11.7 Å². The fraction of sp³-hybridized carbons (Fsp3) is 0.238. The van der Waals surface area contributed by atoms with Gasteiger partial charge in [-0.3, -0.25) is 4.79 Å². The highest BCUT2D eigenvalue weighted by Crippen LogP contribution is 2.36. The van der Waals surface area contributed by atoms with E-state index in [2.05, 4.69) is 30.4 Å². The lowest BCUT2D eigenvalue weighted by molar-refractivity contribution is -0.212. The molecule has 0 fully saturated rings. The van der Waals surface area contributed by atoms with Gasteiger partial charge < -0.3 is 14.3 Å². The van der Waals surface area contributed by atoms with E-state index in [1.807, 2.05) is 0 Å². The van der Waals surface area contributed by atoms with Crippen LogP contribution >= 0.6 is 0 Å². The van der Waals surface area contributed by atoms with Crippen molar-refractivity contribution in [1.82, 2.24) is 44.5 Å². The van der Waals surface area contributed by atoms with Crippen molar-refractivity contribution in [2.75, 3.05) is 6.54 Å². The molecule has 1 aliphatic heterocycles. The molecule has 1 atom stereocenters. The number of fused-ring (bicyclic) bond motifs is 2. The van der Waals surface area contributed by atoms with Gasteiger partial charge in [0, 0.05) is 24.9 Å². The van der Waals surface area contributed by atoms with E-state index in [-0.39, 0.29) is 33.9 Å². The lowest BCUT2D eigenvalue weighted by Gasteiger charge is -2.32. The second-order valence-electron chi connectivity index (χ2n) is 8.29. The van der Waals surface area contributed by atoms with E-state index < -0.39 is 36.0 Å². The van der Waals surface area contributed by atoms with Gasteiger partial charge in [0.15, 0.2) is 0 Å². The van der Waals surface area contributed by atoms with E-state index in [0.717, 1.165) is 16.8 Å². The molecule has 0 aliphatic carbocycles. The summed E-state index contributed by atoms with van der Waals surface area (Å²) in [7, 11) is 0. The highest BCUT2D eigenvalue weighted by Gasteiger charge is 2.40. The van der Waals surface area contributed by atoms with Crippen LogP contribution in [0.1, 0.15) is 39.5 Å². The summed E-state index contributed by atoms with van der Waals surface area (Å²) in [6, 6.07) is 3.97. The number of halogens is 6. The Morgan fingerprint density at radius 1 is 1.13 bits per heavy atom. The summed E-state index contributed by atoms with van der Waals surface area (Å²) in [4.78, 5) is 21.9. The third-order valence-electron chi connectivity index (χ3n) is 5.96. The zero-order valence-electron chi connectivity index (χ0n) is 18.7. The molecular weight excluding hydrogens is 524 g/mol. The molecule has 1 N–H and O–H groups in total. The van der Waals surface area contributed by atoms with Crippen molar-refractivity contribution in [3.8, 4) is 11.5 Å². The molecule has 0 saturated heterocycles. The fourth-order valence-corrected chi connectivity index (χ4v) is 4.30. The van der Waals surface area contributed by atoms with E-state index in [1.54, 1.807) is 0 Å². The smallest absolute Gasteiger partial charge is 0.412 e. The number of aromatic nitrogens is 8. The Labute approximate surface area is 206 Å². The van der Waals surface area contributed by atoms with E-state index in [1.165, 1.54) is 29.4 Å². The zero-order chi connectivity index (χ0) is 26.8. The van der Waals surface area contributed by atoms with Gasteiger partial charge >= 0.3 is 24.3 Å². The van der Waals surface area contributed by atoms with Gasteiger partial charge in [-0.15, -0.1) is 23.4 Å². The van der Waals surface area contributed by atoms with E-state index in [4.69, 9.17) is 4.42 Å². The fourth-order valence-electron chi connectivity index (χ4n) is 4.30. The number of nitrogens with one attached hydrogen (secondary N) is 1. The van der Waals surface area contributed by atoms with Gasteiger partial charge in [-0.1, -0.05) is 6.07 Å². The number of nitrogens with zero attached hydrogens (tertiary/aromatic N) is 8. The van der Waals surface area contributed by atoms with E-state index >= 15 is 0 Å². The van der Waals surface area contributed by atoms with Crippen molar-refractivity contribution in [2.24, 2.45) is 0 Å². The summed E-state index contributed by atoms with van der Waals surface area (Å²) in [6.45, 7) is 0.0857. The van der Waals surface area contributed by atoms with E-state index in [0.29, 0.717) is 24.0 Å². The topological polar surface area (TPSA) is 123 Å². The predicted molar refractivity (Wildman–Crippen MR) is 112 cm³/mol. The molecule has 0 unspecified atom stereocenters. The Balaban J connectivity index is 1.38. The average Bonchev–Trinajstić information content (AvgIpc) is 3.65. The number of carbonyl (C=O) groups is 1. The SMILES string of the molecule is O=C(c1nnc(-c2cnn(C(F)(F)F)c2)o1)N1CCc2[nH]cnc2[C@H]1c1cc2cccc(C(F)(F)F)n2n1. The number of rotatable bonds is 3. The molecule has 0 saturated carbocycles. The van der Waals surface area contributed by atoms with Crippen LogP contribution < -0.4 is 0 Å². The van der Waals surface area contributed by atoms with Gasteiger partial charge in [-0.25, -0.2) is 9.50 Å². The van der Waals surface area contributed by atoms with Crippen LogP contribution in [0.25, 0.3) is 17.0 Å². The quantitative estimate of drug-likeness (QED) is 0.349. The Kier molecular flexibility index (Phi) is 5.08. The van der Waals surface area contributed by atoms with Crippen molar-refractivity contribution < 1.29 is 35.6 Å². The van der Waals surface area contributed by atoms with Crippen LogP contribution in [-0.2, 0) is 18.9 Å². The monoisotopic (exact) mass is 537 g/mol. The Bertz CT molecular complexity index is 1660. The number of hydrogen-bond acceptors (Lipinski definition) is 7. The minimum absolute atomic E-state index is 0.0857. The van der Waals surface area contributed by atoms with Crippen LogP contribution in [0.15, 0.2) is 47.4 Å². The first-order valence-electron chi connectivity index (χ1n) is 10.9. The summed E-state index contributed by atoms with van der Waals surface area (Å²) in [5.74, 6) is -1.72. The van der Waals surface area contributed by atoms with Crippen molar-refractivity contribution in [2.45, 2.75) is 24.9 Å². The molecule has 5 aromatic rings. The van der Waals surface area contributed by atoms with Crippen molar-refractivity contribution in [3.05, 3.63) is 71.7 Å². The maximum Gasteiger partial charge on any atom is 0.504 e. The van der Waals surface area contributed by atoms with E-state index in [9.17, 15) is 31.1 Å². The minimum atomic E-state index is -4.76. The molecule has 0 spiro atoms. The molecule has 196 valence electrons. The molecule has 6 heterocycles. The predicted octanol–water partition coefficient (Wildman–Crippen LogP) is 3.59. The molecule has 0 aromatic carbocycles. The van der Waals surface area contributed by atoms with Crippen molar-refractivity contribution in [3.63, 3.8) is 0 Å². The molecule has 5 aromatic heterocycles. The van der Waals surface area contributed by atoms with Crippen LogP contribution in [-0.4, -0.2) is 56.9 Å². The zero-order valence-corrected chi connectivity index (χ0v) is 18.7. The number of amides is 1. The Hall–Kier alpha value is -4.70. The molecule has 1 aliphatic rings. The first-order chi connectivity index (χ1) is 18.0. The maximum atomic E-state index is 13.6. The number of imidazole rings is 1. The number of alkyl halides is 6. The van der Waals surface area contributed by atoms with Crippen molar-refractivity contribution in [1.29, 1.82) is 0 Å². The number of H-pyrrole nitrogens is 1. The Morgan fingerprint density at radius 3 is 2.68 bits per heavy atom. The first-order valence-corrected chi connectivity index (χ1v) is 10.9. The van der Waals surface area contributed by atoms with Crippen LogP contribution in [0.2, 0.25) is 0 Å². The van der Waals surface area contributed by atoms with Crippen LogP contribution in [0.4, 0.5) is 26.3 Å². The molecule has 38 heavy (non-hydrogen) atoms. The summed E-state index contributed by atoms with van der Waals surface area (Å²) in [6.07, 6.45) is -6.24. The average molecular weight is 537 g/mol.